The van der Waals surface area contributed by atoms with Crippen LogP contribution in [0.15, 0.2) is 85.1 Å². The SMILES string of the molecule is CCCCCC/C=C\C/C=C\C/C=C\CCCCCCCCC(=O)OC[C@H](COP(=O)(O)OC1[C@H](O)[C@H](O)C(O)[C@H](O)[C@H]1O)OC(=O)CCC/C=C\C/C=C\C/C=C\C=C\[C@@H](O)CCCCC. The number of phosphoric ester groups is 1. The van der Waals surface area contributed by atoms with Crippen molar-refractivity contribution < 1.29 is 68.2 Å². The van der Waals surface area contributed by atoms with Crippen molar-refractivity contribution in [3.05, 3.63) is 85.1 Å². The van der Waals surface area contributed by atoms with Gasteiger partial charge in [-0.05, 0) is 77.0 Å². The van der Waals surface area contributed by atoms with Gasteiger partial charge in [-0.1, -0.05) is 163 Å². The first-order valence-corrected chi connectivity index (χ1v) is 26.5. The first-order chi connectivity index (χ1) is 32.3. The van der Waals surface area contributed by atoms with Crippen LogP contribution in [0.1, 0.15) is 168 Å². The van der Waals surface area contributed by atoms with Crippen molar-refractivity contribution >= 4 is 19.8 Å². The number of allylic oxidation sites excluding steroid dienone is 13. The molecule has 7 N–H and O–H groups in total. The second-order valence-electron chi connectivity index (χ2n) is 17.2. The topological polar surface area (TPSA) is 230 Å². The molecule has 0 bridgehead atoms. The van der Waals surface area contributed by atoms with Crippen molar-refractivity contribution in [2.45, 2.75) is 217 Å². The molecule has 0 amide bonds. The summed E-state index contributed by atoms with van der Waals surface area (Å²) in [6.07, 6.45) is 36.7. The molecular weight excluding hydrogens is 880 g/mol. The molecule has 0 saturated heterocycles. The lowest BCUT2D eigenvalue weighted by Crippen LogP contribution is -2.64. The van der Waals surface area contributed by atoms with Crippen LogP contribution in [0.4, 0.5) is 0 Å². The molecular formula is C52H87O14P. The summed E-state index contributed by atoms with van der Waals surface area (Å²) in [5.41, 5.74) is 0. The standard InChI is InChI=1S/C52H87O14P/c1-3-5-7-8-9-10-11-12-13-14-15-16-17-18-19-22-25-28-31-35-39-45(54)63-41-44(42-64-67(61,62)66-52-50(59)48(57)47(56)49(58)51(52)60)65-46(55)40-36-32-29-26-23-20-21-24-27-30-34-38-43(53)37-33-6-4-2/h10-11,13-14,16-17,20-21,26-27,29-30,34,38,43-44,47-53,56-60H,3-9,12,15,18-19,22-25,28,31-33,35-37,39-42H2,1-2H3,(H,61,62)/b11-10-,14-13-,17-16-,21-20-,29-26-,30-27-,38-34+/t43-,44+,47?,48-,49+,50+,51+,52?/m0/s1. The summed E-state index contributed by atoms with van der Waals surface area (Å²) in [6.45, 7) is 3.10. The number of aliphatic hydroxyl groups excluding tert-OH is 6. The van der Waals surface area contributed by atoms with Gasteiger partial charge in [-0.3, -0.25) is 18.6 Å². The summed E-state index contributed by atoms with van der Waals surface area (Å²) in [7, 11) is -5.16. The zero-order valence-electron chi connectivity index (χ0n) is 40.5. The highest BCUT2D eigenvalue weighted by atomic mass is 31.2. The third-order valence-electron chi connectivity index (χ3n) is 11.1. The fraction of sp³-hybridized carbons (Fsp3) is 0.692. The number of esters is 2. The van der Waals surface area contributed by atoms with Gasteiger partial charge in [0.2, 0.25) is 0 Å². The van der Waals surface area contributed by atoms with Crippen molar-refractivity contribution in [2.24, 2.45) is 0 Å². The van der Waals surface area contributed by atoms with Gasteiger partial charge >= 0.3 is 19.8 Å². The third-order valence-corrected chi connectivity index (χ3v) is 12.0. The van der Waals surface area contributed by atoms with Gasteiger partial charge in [-0.2, -0.15) is 0 Å². The summed E-state index contributed by atoms with van der Waals surface area (Å²) in [6, 6.07) is 0. The minimum absolute atomic E-state index is 0.00682. The number of phosphoric acid groups is 1. The molecule has 1 aliphatic rings. The number of hydrogen-bond donors (Lipinski definition) is 7. The molecule has 3 unspecified atom stereocenters. The number of unbranched alkanes of at least 4 members (excludes halogenated alkanes) is 13. The fourth-order valence-electron chi connectivity index (χ4n) is 6.98. The van der Waals surface area contributed by atoms with Gasteiger partial charge in [-0.25, -0.2) is 4.57 Å². The predicted molar refractivity (Wildman–Crippen MR) is 264 cm³/mol. The highest BCUT2D eigenvalue weighted by Crippen LogP contribution is 2.47. The van der Waals surface area contributed by atoms with E-state index in [1.54, 1.807) is 6.08 Å². The Labute approximate surface area is 401 Å². The van der Waals surface area contributed by atoms with Crippen molar-refractivity contribution in [2.75, 3.05) is 13.2 Å². The highest BCUT2D eigenvalue weighted by molar-refractivity contribution is 7.47. The number of hydrogen-bond acceptors (Lipinski definition) is 13. The summed E-state index contributed by atoms with van der Waals surface area (Å²) < 4.78 is 33.5. The molecule has 14 nitrogen and oxygen atoms in total. The van der Waals surface area contributed by atoms with E-state index in [4.69, 9.17) is 18.5 Å². The van der Waals surface area contributed by atoms with E-state index in [2.05, 4.69) is 50.3 Å². The van der Waals surface area contributed by atoms with Crippen molar-refractivity contribution in [1.82, 2.24) is 0 Å². The van der Waals surface area contributed by atoms with Gasteiger partial charge in [-0.15, -0.1) is 0 Å². The summed E-state index contributed by atoms with van der Waals surface area (Å²) in [5.74, 6) is -1.21. The van der Waals surface area contributed by atoms with Gasteiger partial charge in [0.05, 0.1) is 12.7 Å². The first-order valence-electron chi connectivity index (χ1n) is 25.0. The van der Waals surface area contributed by atoms with Crippen LogP contribution in [-0.2, 0) is 32.7 Å². The normalized spacial score (nSPS) is 22.3. The molecule has 0 aromatic rings. The Bertz CT molecular complexity index is 1510. The number of carbonyl (C=O) groups excluding carboxylic acids is 2. The molecule has 384 valence electrons. The zero-order chi connectivity index (χ0) is 49.4. The lowest BCUT2D eigenvalue weighted by Gasteiger charge is -2.41. The van der Waals surface area contributed by atoms with Gasteiger partial charge < -0.3 is 45.0 Å². The van der Waals surface area contributed by atoms with E-state index in [1.165, 1.54) is 32.1 Å². The molecule has 0 aromatic carbocycles. The largest absolute Gasteiger partial charge is 0.472 e. The van der Waals surface area contributed by atoms with Crippen molar-refractivity contribution in [3.63, 3.8) is 0 Å². The molecule has 0 radical (unpaired) electrons. The molecule has 1 saturated carbocycles. The number of rotatable bonds is 40. The van der Waals surface area contributed by atoms with Crippen LogP contribution < -0.4 is 0 Å². The summed E-state index contributed by atoms with van der Waals surface area (Å²) in [5, 5.41) is 60.1. The van der Waals surface area contributed by atoms with Crippen LogP contribution >= 0.6 is 7.82 Å². The Morgan fingerprint density at radius 1 is 0.537 bits per heavy atom. The van der Waals surface area contributed by atoms with Crippen LogP contribution in [0.25, 0.3) is 0 Å². The maximum atomic E-state index is 12.8. The monoisotopic (exact) mass is 967 g/mol. The van der Waals surface area contributed by atoms with E-state index in [1.807, 2.05) is 42.5 Å². The zero-order valence-corrected chi connectivity index (χ0v) is 41.4. The maximum Gasteiger partial charge on any atom is 0.472 e. The smallest absolute Gasteiger partial charge is 0.462 e. The van der Waals surface area contributed by atoms with Gasteiger partial charge in [0.1, 0.15) is 43.2 Å². The average Bonchev–Trinajstić information content (AvgIpc) is 3.30. The number of carbonyl (C=O) groups is 2. The number of ether oxygens (including phenoxy) is 2. The first kappa shape index (κ1) is 62.0. The highest BCUT2D eigenvalue weighted by Gasteiger charge is 2.51. The molecule has 1 rings (SSSR count). The lowest BCUT2D eigenvalue weighted by atomic mass is 9.85. The van der Waals surface area contributed by atoms with Crippen LogP contribution in [-0.4, -0.2) is 110 Å². The van der Waals surface area contributed by atoms with Gasteiger partial charge in [0.25, 0.3) is 0 Å². The minimum Gasteiger partial charge on any atom is -0.462 e. The molecule has 1 fully saturated rings. The molecule has 15 heteroatoms. The number of aliphatic hydroxyl groups is 6. The van der Waals surface area contributed by atoms with Gasteiger partial charge in [0.15, 0.2) is 6.10 Å². The molecule has 1 aliphatic carbocycles. The minimum atomic E-state index is -5.16. The Kier molecular flexibility index (Phi) is 37.8. The second-order valence-corrected chi connectivity index (χ2v) is 18.6. The van der Waals surface area contributed by atoms with Crippen molar-refractivity contribution in [1.29, 1.82) is 0 Å². The predicted octanol–water partition coefficient (Wildman–Crippen LogP) is 9.42. The second kappa shape index (κ2) is 40.8. The third kappa shape index (κ3) is 33.2. The molecule has 0 heterocycles. The quantitative estimate of drug-likeness (QED) is 0.00998. The Balaban J connectivity index is 2.49. The van der Waals surface area contributed by atoms with Crippen LogP contribution in [0.5, 0.6) is 0 Å². The van der Waals surface area contributed by atoms with Crippen LogP contribution in [0.3, 0.4) is 0 Å². The van der Waals surface area contributed by atoms with E-state index in [0.29, 0.717) is 25.7 Å². The Morgan fingerprint density at radius 3 is 1.58 bits per heavy atom. The van der Waals surface area contributed by atoms with E-state index >= 15 is 0 Å². The van der Waals surface area contributed by atoms with Crippen molar-refractivity contribution in [3.8, 4) is 0 Å². The summed E-state index contributed by atoms with van der Waals surface area (Å²) >= 11 is 0. The lowest BCUT2D eigenvalue weighted by molar-refractivity contribution is -0.220. The average molecular weight is 967 g/mol. The molecule has 0 aliphatic heterocycles. The summed E-state index contributed by atoms with van der Waals surface area (Å²) in [4.78, 5) is 35.8. The van der Waals surface area contributed by atoms with E-state index in [0.717, 1.165) is 83.5 Å². The van der Waals surface area contributed by atoms with E-state index in [9.17, 15) is 49.7 Å². The molecule has 9 atom stereocenters. The van der Waals surface area contributed by atoms with Gasteiger partial charge in [0, 0.05) is 12.8 Å². The molecule has 0 aromatic heterocycles. The van der Waals surface area contributed by atoms with Crippen LogP contribution in [0.2, 0.25) is 0 Å². The Hall–Kier alpha value is -3.01. The maximum absolute atomic E-state index is 12.8. The Morgan fingerprint density at radius 2 is 1.00 bits per heavy atom. The molecule has 67 heavy (non-hydrogen) atoms. The fourth-order valence-corrected chi connectivity index (χ4v) is 7.96. The van der Waals surface area contributed by atoms with Crippen LogP contribution in [0, 0.1) is 0 Å². The molecule has 0 spiro atoms. The van der Waals surface area contributed by atoms with E-state index < -0.39 is 81.8 Å². The van der Waals surface area contributed by atoms with E-state index in [-0.39, 0.29) is 12.8 Å².